The van der Waals surface area contributed by atoms with Gasteiger partial charge >= 0.3 is 0 Å². The topological polar surface area (TPSA) is 116 Å². The van der Waals surface area contributed by atoms with Crippen LogP contribution in [0.5, 0.6) is 0 Å². The predicted molar refractivity (Wildman–Crippen MR) is 131 cm³/mol. The SMILES string of the molecule is CCc1nc(C(N)=O)c(Nc2cccc(C3CCN(C)CC3)c2)nc1N[C@H]1CC[C@H](O)CC1. The molecule has 178 valence electrons. The lowest BCUT2D eigenvalue weighted by Gasteiger charge is -2.29. The number of likely N-dealkylation sites (tertiary alicyclic amines) is 1. The minimum absolute atomic E-state index is 0.154. The number of nitrogens with two attached hydrogens (primary N) is 1. The summed E-state index contributed by atoms with van der Waals surface area (Å²) in [4.78, 5) is 23.9. The monoisotopic (exact) mass is 452 g/mol. The summed E-state index contributed by atoms with van der Waals surface area (Å²) in [5.74, 6) is 0.987. The molecule has 2 aromatic rings. The Balaban J connectivity index is 1.58. The number of primary amides is 1. The summed E-state index contributed by atoms with van der Waals surface area (Å²) < 4.78 is 0. The molecule has 1 aliphatic carbocycles. The van der Waals surface area contributed by atoms with Crippen molar-refractivity contribution >= 4 is 23.2 Å². The van der Waals surface area contributed by atoms with Crippen molar-refractivity contribution in [1.82, 2.24) is 14.9 Å². The highest BCUT2D eigenvalue weighted by Crippen LogP contribution is 2.31. The molecule has 5 N–H and O–H groups in total. The zero-order valence-corrected chi connectivity index (χ0v) is 19.7. The molecule has 1 aromatic heterocycles. The van der Waals surface area contributed by atoms with Crippen molar-refractivity contribution in [3.63, 3.8) is 0 Å². The molecule has 1 amide bonds. The van der Waals surface area contributed by atoms with Crippen molar-refractivity contribution in [2.75, 3.05) is 30.8 Å². The van der Waals surface area contributed by atoms with Gasteiger partial charge < -0.3 is 26.4 Å². The van der Waals surface area contributed by atoms with Crippen molar-refractivity contribution in [2.24, 2.45) is 5.73 Å². The smallest absolute Gasteiger partial charge is 0.271 e. The number of carbonyl (C=O) groups is 1. The second kappa shape index (κ2) is 10.5. The third-order valence-corrected chi connectivity index (χ3v) is 6.91. The number of aliphatic hydroxyl groups is 1. The van der Waals surface area contributed by atoms with Crippen LogP contribution in [0.2, 0.25) is 0 Å². The van der Waals surface area contributed by atoms with E-state index >= 15 is 0 Å². The molecule has 1 aromatic carbocycles. The van der Waals surface area contributed by atoms with Crippen molar-refractivity contribution in [1.29, 1.82) is 0 Å². The van der Waals surface area contributed by atoms with E-state index < -0.39 is 5.91 Å². The number of rotatable bonds is 7. The number of aliphatic hydroxyl groups excluding tert-OH is 1. The number of amides is 1. The maximum absolute atomic E-state index is 12.2. The van der Waals surface area contributed by atoms with E-state index in [9.17, 15) is 9.90 Å². The van der Waals surface area contributed by atoms with Crippen LogP contribution in [0.1, 0.15) is 73.1 Å². The second-order valence-electron chi connectivity index (χ2n) is 9.41. The largest absolute Gasteiger partial charge is 0.393 e. The number of nitrogens with one attached hydrogen (secondary N) is 2. The van der Waals surface area contributed by atoms with E-state index in [-0.39, 0.29) is 17.8 Å². The zero-order valence-electron chi connectivity index (χ0n) is 19.7. The van der Waals surface area contributed by atoms with Gasteiger partial charge in [0.05, 0.1) is 11.8 Å². The molecule has 2 heterocycles. The van der Waals surface area contributed by atoms with Gasteiger partial charge in [-0.1, -0.05) is 19.1 Å². The minimum Gasteiger partial charge on any atom is -0.393 e. The Morgan fingerprint density at radius 1 is 1.12 bits per heavy atom. The molecular weight excluding hydrogens is 416 g/mol. The number of hydrogen-bond acceptors (Lipinski definition) is 7. The number of aryl methyl sites for hydroxylation is 1. The first kappa shape index (κ1) is 23.4. The Hall–Kier alpha value is -2.71. The number of benzene rings is 1. The van der Waals surface area contributed by atoms with Crippen LogP contribution in [0.4, 0.5) is 17.3 Å². The Bertz CT molecular complexity index is 965. The number of aromatic nitrogens is 2. The molecular formula is C25H36N6O2. The number of carbonyl (C=O) groups excluding carboxylic acids is 1. The van der Waals surface area contributed by atoms with Crippen molar-refractivity contribution in [3.05, 3.63) is 41.2 Å². The summed E-state index contributed by atoms with van der Waals surface area (Å²) in [5.41, 5.74) is 8.72. The van der Waals surface area contributed by atoms with Crippen LogP contribution in [-0.2, 0) is 6.42 Å². The van der Waals surface area contributed by atoms with Crippen molar-refractivity contribution < 1.29 is 9.90 Å². The van der Waals surface area contributed by atoms with Crippen molar-refractivity contribution in [2.45, 2.75) is 69.9 Å². The molecule has 2 aliphatic rings. The highest BCUT2D eigenvalue weighted by molar-refractivity contribution is 5.96. The van der Waals surface area contributed by atoms with Crippen LogP contribution in [0, 0.1) is 0 Å². The van der Waals surface area contributed by atoms with Gasteiger partial charge in [-0.15, -0.1) is 0 Å². The average molecular weight is 453 g/mol. The van der Waals surface area contributed by atoms with Crippen LogP contribution in [0.25, 0.3) is 0 Å². The zero-order chi connectivity index (χ0) is 23.4. The first-order chi connectivity index (χ1) is 15.9. The molecule has 2 fully saturated rings. The fourth-order valence-corrected chi connectivity index (χ4v) is 4.85. The maximum atomic E-state index is 12.2. The van der Waals surface area contributed by atoms with Gasteiger partial charge in [-0.3, -0.25) is 4.79 Å². The lowest BCUT2D eigenvalue weighted by molar-refractivity contribution is 0.0996. The summed E-state index contributed by atoms with van der Waals surface area (Å²) in [5, 5.41) is 16.6. The van der Waals surface area contributed by atoms with Crippen LogP contribution in [0.15, 0.2) is 24.3 Å². The quantitative estimate of drug-likeness (QED) is 0.509. The predicted octanol–water partition coefficient (Wildman–Crippen LogP) is 3.41. The molecule has 0 unspecified atom stereocenters. The van der Waals surface area contributed by atoms with Crippen LogP contribution in [-0.4, -0.2) is 58.2 Å². The van der Waals surface area contributed by atoms with E-state index in [0.29, 0.717) is 24.0 Å². The molecule has 8 nitrogen and oxygen atoms in total. The standard InChI is InChI=1S/C25H36N6O2/c1-3-21-24(27-18-7-9-20(32)10-8-18)30-25(22(29-21)23(26)33)28-19-6-4-5-17(15-19)16-11-13-31(2)14-12-16/h4-6,15-16,18,20,32H,3,7-14H2,1-2H3,(H2,26,33)(H2,27,28,30)/t18-,20-. The fraction of sp³-hybridized carbons (Fsp3) is 0.560. The molecule has 0 bridgehead atoms. The van der Waals surface area contributed by atoms with Crippen LogP contribution >= 0.6 is 0 Å². The average Bonchev–Trinajstić information content (AvgIpc) is 2.81. The molecule has 0 atom stereocenters. The van der Waals surface area contributed by atoms with Gasteiger partial charge in [-0.05, 0) is 88.7 Å². The molecule has 1 saturated heterocycles. The van der Waals surface area contributed by atoms with Gasteiger partial charge in [0, 0.05) is 11.7 Å². The third kappa shape index (κ3) is 5.81. The lowest BCUT2D eigenvalue weighted by Crippen LogP contribution is -2.29. The third-order valence-electron chi connectivity index (χ3n) is 6.91. The Labute approximate surface area is 196 Å². The van der Waals surface area contributed by atoms with Gasteiger partial charge in [-0.2, -0.15) is 0 Å². The molecule has 8 heteroatoms. The van der Waals surface area contributed by atoms with Gasteiger partial charge in [0.25, 0.3) is 5.91 Å². The Kier molecular flexibility index (Phi) is 7.45. The van der Waals surface area contributed by atoms with Crippen molar-refractivity contribution in [3.8, 4) is 0 Å². The molecule has 0 spiro atoms. The van der Waals surface area contributed by atoms with Crippen LogP contribution < -0.4 is 16.4 Å². The second-order valence-corrected chi connectivity index (χ2v) is 9.41. The highest BCUT2D eigenvalue weighted by atomic mass is 16.3. The van der Waals surface area contributed by atoms with E-state index in [1.165, 1.54) is 5.56 Å². The normalized spacial score (nSPS) is 22.2. The summed E-state index contributed by atoms with van der Waals surface area (Å²) in [6.07, 6.45) is 6.02. The molecule has 33 heavy (non-hydrogen) atoms. The van der Waals surface area contributed by atoms with E-state index in [1.54, 1.807) is 0 Å². The maximum Gasteiger partial charge on any atom is 0.271 e. The molecule has 1 saturated carbocycles. The van der Waals surface area contributed by atoms with E-state index in [2.05, 4.69) is 39.7 Å². The van der Waals surface area contributed by atoms with Gasteiger partial charge in [-0.25, -0.2) is 9.97 Å². The lowest BCUT2D eigenvalue weighted by atomic mass is 9.89. The van der Waals surface area contributed by atoms with E-state index in [1.807, 2.05) is 19.1 Å². The highest BCUT2D eigenvalue weighted by Gasteiger charge is 2.23. The first-order valence-corrected chi connectivity index (χ1v) is 12.1. The van der Waals surface area contributed by atoms with Crippen LogP contribution in [0.3, 0.4) is 0 Å². The minimum atomic E-state index is -0.599. The number of hydrogen-bond donors (Lipinski definition) is 4. The van der Waals surface area contributed by atoms with E-state index in [4.69, 9.17) is 10.7 Å². The number of nitrogens with zero attached hydrogens (tertiary/aromatic N) is 3. The summed E-state index contributed by atoms with van der Waals surface area (Å²) in [6, 6.07) is 8.57. The Morgan fingerprint density at radius 3 is 2.52 bits per heavy atom. The summed E-state index contributed by atoms with van der Waals surface area (Å²) in [7, 11) is 2.17. The number of piperidine rings is 1. The van der Waals surface area contributed by atoms with Gasteiger partial charge in [0.15, 0.2) is 11.5 Å². The molecule has 4 rings (SSSR count). The fourth-order valence-electron chi connectivity index (χ4n) is 4.85. The summed E-state index contributed by atoms with van der Waals surface area (Å²) in [6.45, 7) is 4.19. The number of anilines is 3. The first-order valence-electron chi connectivity index (χ1n) is 12.1. The Morgan fingerprint density at radius 2 is 1.85 bits per heavy atom. The van der Waals surface area contributed by atoms with E-state index in [0.717, 1.165) is 63.0 Å². The summed E-state index contributed by atoms with van der Waals surface area (Å²) >= 11 is 0. The van der Waals surface area contributed by atoms with Gasteiger partial charge in [0.2, 0.25) is 0 Å². The molecule has 1 aliphatic heterocycles. The molecule has 0 radical (unpaired) electrons. The van der Waals surface area contributed by atoms with Gasteiger partial charge in [0.1, 0.15) is 5.82 Å².